The van der Waals surface area contributed by atoms with Crippen molar-refractivity contribution in [1.82, 2.24) is 19.8 Å². The summed E-state index contributed by atoms with van der Waals surface area (Å²) < 4.78 is 42.6. The smallest absolute Gasteiger partial charge is 0.374 e. The maximum atomic E-state index is 13.0. The molecule has 1 atom stereocenters. The van der Waals surface area contributed by atoms with E-state index in [0.29, 0.717) is 30.5 Å². The van der Waals surface area contributed by atoms with Gasteiger partial charge < -0.3 is 19.0 Å². The van der Waals surface area contributed by atoms with E-state index in [-0.39, 0.29) is 48.3 Å². The summed E-state index contributed by atoms with van der Waals surface area (Å²) in [5.74, 6) is 0.108. The summed E-state index contributed by atoms with van der Waals surface area (Å²) in [6.07, 6.45) is 2.83. The zero-order valence-corrected chi connectivity index (χ0v) is 20.3. The number of sulfonamides is 1. The maximum Gasteiger partial charge on any atom is 0.374 e. The molecule has 1 saturated heterocycles. The number of amides is 1. The number of hydrogen-bond acceptors (Lipinski definition) is 9. The van der Waals surface area contributed by atoms with E-state index in [0.717, 1.165) is 12.8 Å². The third-order valence-electron chi connectivity index (χ3n) is 6.11. The number of furan rings is 1. The van der Waals surface area contributed by atoms with E-state index in [9.17, 15) is 18.0 Å². The average Bonchev–Trinajstić information content (AvgIpc) is 3.33. The Kier molecular flexibility index (Phi) is 7.08. The van der Waals surface area contributed by atoms with E-state index in [2.05, 4.69) is 15.5 Å². The van der Waals surface area contributed by atoms with Gasteiger partial charge in [0.1, 0.15) is 6.04 Å². The molecule has 2 fully saturated rings. The van der Waals surface area contributed by atoms with Gasteiger partial charge in [-0.2, -0.15) is 9.29 Å². The molecule has 1 unspecified atom stereocenters. The van der Waals surface area contributed by atoms with Crippen molar-refractivity contribution in [1.29, 1.82) is 0 Å². The number of nitrogens with zero attached hydrogens (tertiary/aromatic N) is 3. The maximum absolute atomic E-state index is 13.0. The van der Waals surface area contributed by atoms with Gasteiger partial charge in [0.25, 0.3) is 10.0 Å². The SMILES string of the molecule is CCOC(=O)c1ccc(S(=O)(=O)N2CCC(C(=O)NC(c3nc(C4CC4)no3)C(C)C)CC2)o1. The van der Waals surface area contributed by atoms with E-state index >= 15 is 0 Å². The van der Waals surface area contributed by atoms with Crippen molar-refractivity contribution in [2.45, 2.75) is 63.5 Å². The first-order valence-electron chi connectivity index (χ1n) is 11.6. The van der Waals surface area contributed by atoms with Gasteiger partial charge in [-0.15, -0.1) is 0 Å². The van der Waals surface area contributed by atoms with Crippen molar-refractivity contribution in [2.24, 2.45) is 11.8 Å². The van der Waals surface area contributed by atoms with Crippen LogP contribution in [0.25, 0.3) is 0 Å². The van der Waals surface area contributed by atoms with Crippen LogP contribution in [0.1, 0.15) is 80.7 Å². The molecule has 0 spiro atoms. The predicted molar refractivity (Wildman–Crippen MR) is 118 cm³/mol. The topological polar surface area (TPSA) is 145 Å². The fourth-order valence-corrected chi connectivity index (χ4v) is 5.30. The number of nitrogens with one attached hydrogen (secondary N) is 1. The van der Waals surface area contributed by atoms with Crippen molar-refractivity contribution in [3.8, 4) is 0 Å². The lowest BCUT2D eigenvalue weighted by molar-refractivity contribution is -0.127. The van der Waals surface area contributed by atoms with Gasteiger partial charge in [-0.1, -0.05) is 19.0 Å². The number of rotatable bonds is 9. The minimum atomic E-state index is -3.92. The van der Waals surface area contributed by atoms with Crippen LogP contribution in [0.3, 0.4) is 0 Å². The lowest BCUT2D eigenvalue weighted by atomic mass is 9.95. The van der Waals surface area contributed by atoms with Gasteiger partial charge in [0, 0.05) is 24.9 Å². The second-order valence-electron chi connectivity index (χ2n) is 9.01. The third-order valence-corrected chi connectivity index (χ3v) is 7.88. The van der Waals surface area contributed by atoms with Crippen LogP contribution in [0.4, 0.5) is 0 Å². The van der Waals surface area contributed by atoms with Crippen LogP contribution in [-0.2, 0) is 19.6 Å². The molecule has 1 aliphatic carbocycles. The summed E-state index contributed by atoms with van der Waals surface area (Å²) in [5.41, 5.74) is 0. The molecule has 0 radical (unpaired) electrons. The molecular weight excluding hydrogens is 464 g/mol. The summed E-state index contributed by atoms with van der Waals surface area (Å²) in [7, 11) is -3.92. The van der Waals surface area contributed by atoms with E-state index in [4.69, 9.17) is 13.7 Å². The van der Waals surface area contributed by atoms with Crippen molar-refractivity contribution >= 4 is 21.9 Å². The third kappa shape index (κ3) is 5.17. The summed E-state index contributed by atoms with van der Waals surface area (Å²) in [5, 5.41) is 6.74. The monoisotopic (exact) mass is 494 g/mol. The fourth-order valence-electron chi connectivity index (χ4n) is 3.92. The van der Waals surface area contributed by atoms with Crippen molar-refractivity contribution in [3.63, 3.8) is 0 Å². The van der Waals surface area contributed by atoms with Crippen LogP contribution in [-0.4, -0.2) is 54.4 Å². The molecule has 1 N–H and O–H groups in total. The molecule has 4 rings (SSSR count). The molecule has 2 aromatic heterocycles. The molecule has 12 heteroatoms. The van der Waals surface area contributed by atoms with Gasteiger partial charge >= 0.3 is 5.97 Å². The van der Waals surface area contributed by atoms with Gasteiger partial charge in [-0.05, 0) is 50.7 Å². The number of aromatic nitrogens is 2. The number of hydrogen-bond donors (Lipinski definition) is 1. The molecule has 1 saturated carbocycles. The van der Waals surface area contributed by atoms with Crippen LogP contribution in [0, 0.1) is 11.8 Å². The number of ether oxygens (including phenoxy) is 1. The van der Waals surface area contributed by atoms with Crippen LogP contribution >= 0.6 is 0 Å². The molecular formula is C22H30N4O7S. The first kappa shape index (κ1) is 24.4. The quantitative estimate of drug-likeness (QED) is 0.520. The molecule has 11 nitrogen and oxygen atoms in total. The molecule has 1 amide bonds. The minimum Gasteiger partial charge on any atom is -0.460 e. The van der Waals surface area contributed by atoms with Gasteiger partial charge in [-0.25, -0.2) is 13.2 Å². The zero-order chi connectivity index (χ0) is 24.5. The number of piperidine rings is 1. The van der Waals surface area contributed by atoms with E-state index < -0.39 is 22.0 Å². The highest BCUT2D eigenvalue weighted by Crippen LogP contribution is 2.38. The number of carbonyl (C=O) groups is 2. The number of carbonyl (C=O) groups excluding carboxylic acids is 2. The molecule has 0 bridgehead atoms. The average molecular weight is 495 g/mol. The van der Waals surface area contributed by atoms with E-state index in [1.807, 2.05) is 13.8 Å². The van der Waals surface area contributed by atoms with Gasteiger partial charge in [0.15, 0.2) is 5.82 Å². The second-order valence-corrected chi connectivity index (χ2v) is 10.9. The van der Waals surface area contributed by atoms with Crippen molar-refractivity contribution < 1.29 is 31.7 Å². The van der Waals surface area contributed by atoms with Gasteiger partial charge in [-0.3, -0.25) is 4.79 Å². The summed E-state index contributed by atoms with van der Waals surface area (Å²) >= 11 is 0. The Morgan fingerprint density at radius 2 is 1.91 bits per heavy atom. The summed E-state index contributed by atoms with van der Waals surface area (Å²) in [6.45, 7) is 6.06. The molecule has 186 valence electrons. The Hall–Kier alpha value is -2.73. The van der Waals surface area contributed by atoms with Crippen LogP contribution in [0.5, 0.6) is 0 Å². The van der Waals surface area contributed by atoms with Crippen LogP contribution < -0.4 is 5.32 Å². The zero-order valence-electron chi connectivity index (χ0n) is 19.5. The van der Waals surface area contributed by atoms with Gasteiger partial charge in [0.2, 0.25) is 22.7 Å². The second kappa shape index (κ2) is 9.87. The molecule has 2 aliphatic rings. The molecule has 1 aliphatic heterocycles. The first-order chi connectivity index (χ1) is 16.2. The molecule has 2 aromatic rings. The highest BCUT2D eigenvalue weighted by Gasteiger charge is 2.36. The highest BCUT2D eigenvalue weighted by molar-refractivity contribution is 7.89. The van der Waals surface area contributed by atoms with Gasteiger partial charge in [0.05, 0.1) is 6.61 Å². The van der Waals surface area contributed by atoms with Crippen molar-refractivity contribution in [2.75, 3.05) is 19.7 Å². The summed E-state index contributed by atoms with van der Waals surface area (Å²) in [6, 6.07) is 2.12. The molecule has 0 aromatic carbocycles. The summed E-state index contributed by atoms with van der Waals surface area (Å²) in [4.78, 5) is 29.2. The van der Waals surface area contributed by atoms with E-state index in [1.165, 1.54) is 16.4 Å². The number of esters is 1. The molecule has 3 heterocycles. The van der Waals surface area contributed by atoms with Crippen LogP contribution in [0.2, 0.25) is 0 Å². The minimum absolute atomic E-state index is 0.0458. The Bertz CT molecular complexity index is 1130. The highest BCUT2D eigenvalue weighted by atomic mass is 32.2. The van der Waals surface area contributed by atoms with E-state index in [1.54, 1.807) is 6.92 Å². The Balaban J connectivity index is 1.35. The predicted octanol–water partition coefficient (Wildman–Crippen LogP) is 2.63. The lowest BCUT2D eigenvalue weighted by Crippen LogP contribution is -2.44. The standard InChI is InChI=1S/C22H30N4O7S/c1-4-31-22(28)16-7-8-17(32-16)34(29,30)26-11-9-15(10-12-26)20(27)23-18(13(2)3)21-24-19(25-33-21)14-5-6-14/h7-8,13-15,18H,4-6,9-12H2,1-3H3,(H,23,27). The van der Waals surface area contributed by atoms with Crippen molar-refractivity contribution in [3.05, 3.63) is 29.6 Å². The Labute approximate surface area is 198 Å². The van der Waals surface area contributed by atoms with Crippen LogP contribution in [0.15, 0.2) is 26.2 Å². The first-order valence-corrected chi connectivity index (χ1v) is 13.1. The Morgan fingerprint density at radius 1 is 1.21 bits per heavy atom. The fraction of sp³-hybridized carbons (Fsp3) is 0.636. The Morgan fingerprint density at radius 3 is 2.53 bits per heavy atom. The molecule has 34 heavy (non-hydrogen) atoms. The largest absolute Gasteiger partial charge is 0.460 e. The lowest BCUT2D eigenvalue weighted by Gasteiger charge is -2.31. The normalized spacial score (nSPS) is 18.7.